The Labute approximate surface area is 150 Å². The highest BCUT2D eigenvalue weighted by Crippen LogP contribution is 2.28. The van der Waals surface area contributed by atoms with Crippen LogP contribution in [-0.4, -0.2) is 52.9 Å². The number of nitrogens with one attached hydrogen (secondary N) is 2. The summed E-state index contributed by atoms with van der Waals surface area (Å²) >= 11 is 5.20. The molecule has 0 aliphatic carbocycles. The lowest BCUT2D eigenvalue weighted by atomic mass is 9.97. The third-order valence-electron chi connectivity index (χ3n) is 4.09. The maximum atomic E-state index is 11.2. The highest BCUT2D eigenvalue weighted by molar-refractivity contribution is 7.80. The fourth-order valence-corrected chi connectivity index (χ4v) is 2.82. The van der Waals surface area contributed by atoms with Gasteiger partial charge in [-0.05, 0) is 43.1 Å². The number of benzene rings is 1. The molecule has 9 nitrogen and oxygen atoms in total. The number of methoxy groups -OCH3 is 1. The number of ether oxygens (including phenoxy) is 1. The van der Waals surface area contributed by atoms with Gasteiger partial charge in [0.2, 0.25) is 0 Å². The summed E-state index contributed by atoms with van der Waals surface area (Å²) in [6.07, 6.45) is 0.616. The number of carboxylic acid groups (broad SMARTS) is 1. The van der Waals surface area contributed by atoms with Crippen LogP contribution in [0.15, 0.2) is 18.2 Å². The molecule has 1 fully saturated rings. The monoisotopic (exact) mass is 368 g/mol. The molecule has 0 bridgehead atoms. The van der Waals surface area contributed by atoms with E-state index in [1.54, 1.807) is 6.07 Å². The van der Waals surface area contributed by atoms with E-state index < -0.39 is 11.0 Å². The number of hydrogen-bond acceptors (Lipinski definition) is 5. The van der Waals surface area contributed by atoms with Crippen LogP contribution in [0.2, 0.25) is 0 Å². The molecule has 0 spiro atoms. The van der Waals surface area contributed by atoms with Crippen molar-refractivity contribution in [3.8, 4) is 5.75 Å². The number of amides is 1. The Morgan fingerprint density at radius 2 is 2.16 bits per heavy atom. The molecule has 3 N–H and O–H groups in total. The van der Waals surface area contributed by atoms with E-state index >= 15 is 0 Å². The Hall–Kier alpha value is -2.62. The number of hydrogen-bond donors (Lipinski definition) is 3. The molecule has 1 amide bonds. The van der Waals surface area contributed by atoms with Crippen molar-refractivity contribution in [1.29, 1.82) is 0 Å². The molecule has 0 radical (unpaired) electrons. The van der Waals surface area contributed by atoms with E-state index in [0.717, 1.165) is 12.8 Å². The number of nitrogens with zero attached hydrogens (tertiary/aromatic N) is 2. The van der Waals surface area contributed by atoms with Crippen molar-refractivity contribution in [2.75, 3.05) is 32.1 Å². The lowest BCUT2D eigenvalue weighted by Gasteiger charge is -2.30. The van der Waals surface area contributed by atoms with Crippen molar-refractivity contribution in [2.45, 2.75) is 12.8 Å². The van der Waals surface area contributed by atoms with Crippen molar-refractivity contribution in [3.05, 3.63) is 28.3 Å². The quantitative estimate of drug-likeness (QED) is 0.412. The van der Waals surface area contributed by atoms with Crippen molar-refractivity contribution in [2.24, 2.45) is 5.92 Å². The predicted molar refractivity (Wildman–Crippen MR) is 96.2 cm³/mol. The highest BCUT2D eigenvalue weighted by Gasteiger charge is 2.22. The molecule has 1 aromatic carbocycles. The van der Waals surface area contributed by atoms with Crippen LogP contribution >= 0.6 is 12.2 Å². The smallest absolute Gasteiger partial charge is 0.407 e. The van der Waals surface area contributed by atoms with Gasteiger partial charge in [0.05, 0.1) is 18.1 Å². The van der Waals surface area contributed by atoms with Crippen molar-refractivity contribution in [1.82, 2.24) is 10.2 Å². The summed E-state index contributed by atoms with van der Waals surface area (Å²) in [6.45, 7) is 1.60. The maximum Gasteiger partial charge on any atom is 0.407 e. The summed E-state index contributed by atoms with van der Waals surface area (Å²) in [5.74, 6) is 0.697. The van der Waals surface area contributed by atoms with Crippen LogP contribution in [0.5, 0.6) is 5.75 Å². The van der Waals surface area contributed by atoms with Gasteiger partial charge in [-0.15, -0.1) is 0 Å². The molecule has 10 heteroatoms. The van der Waals surface area contributed by atoms with Crippen LogP contribution in [0.1, 0.15) is 12.8 Å². The molecule has 136 valence electrons. The van der Waals surface area contributed by atoms with Crippen molar-refractivity contribution in [3.63, 3.8) is 0 Å². The summed E-state index contributed by atoms with van der Waals surface area (Å²) in [5, 5.41) is 26.2. The molecule has 1 aromatic rings. The van der Waals surface area contributed by atoms with Crippen LogP contribution in [0, 0.1) is 16.0 Å². The number of nitro benzene ring substituents is 1. The van der Waals surface area contributed by atoms with E-state index in [4.69, 9.17) is 22.1 Å². The average Bonchev–Trinajstić information content (AvgIpc) is 2.60. The first-order valence-corrected chi connectivity index (χ1v) is 8.16. The van der Waals surface area contributed by atoms with Crippen molar-refractivity contribution >= 4 is 34.8 Å². The average molecular weight is 368 g/mol. The van der Waals surface area contributed by atoms with Gasteiger partial charge in [0.25, 0.3) is 5.69 Å². The zero-order valence-electron chi connectivity index (χ0n) is 13.7. The molecule has 0 saturated carbocycles. The first kappa shape index (κ1) is 18.7. The van der Waals surface area contributed by atoms with Gasteiger partial charge in [0, 0.05) is 19.6 Å². The van der Waals surface area contributed by atoms with Crippen LogP contribution in [-0.2, 0) is 0 Å². The molecule has 0 atom stereocenters. The third kappa shape index (κ3) is 5.18. The van der Waals surface area contributed by atoms with Crippen LogP contribution in [0.3, 0.4) is 0 Å². The predicted octanol–water partition coefficient (Wildman–Crippen LogP) is 2.28. The molecule has 0 aromatic heterocycles. The van der Waals surface area contributed by atoms with E-state index in [1.165, 1.54) is 24.1 Å². The lowest BCUT2D eigenvalue weighted by molar-refractivity contribution is -0.384. The summed E-state index contributed by atoms with van der Waals surface area (Å²) in [6, 6.07) is 4.47. The normalized spacial score (nSPS) is 14.7. The maximum absolute atomic E-state index is 11.2. The second-order valence-electron chi connectivity index (χ2n) is 5.69. The summed E-state index contributed by atoms with van der Waals surface area (Å²) in [5.41, 5.74) is 0.155. The van der Waals surface area contributed by atoms with Gasteiger partial charge in [-0.3, -0.25) is 10.1 Å². The summed E-state index contributed by atoms with van der Waals surface area (Å²) in [7, 11) is 1.44. The molecule has 1 aliphatic heterocycles. The minimum atomic E-state index is -0.893. The summed E-state index contributed by atoms with van der Waals surface area (Å²) < 4.78 is 4.99. The third-order valence-corrected chi connectivity index (χ3v) is 4.33. The van der Waals surface area contributed by atoms with E-state index in [0.29, 0.717) is 31.3 Å². The Balaban J connectivity index is 1.87. The van der Waals surface area contributed by atoms with Gasteiger partial charge in [-0.2, -0.15) is 0 Å². The zero-order valence-corrected chi connectivity index (χ0v) is 14.5. The number of anilines is 1. The molecular weight excluding hydrogens is 348 g/mol. The highest BCUT2D eigenvalue weighted by atomic mass is 32.1. The Morgan fingerprint density at radius 3 is 2.72 bits per heavy atom. The van der Waals surface area contributed by atoms with Crippen LogP contribution in [0.25, 0.3) is 0 Å². The van der Waals surface area contributed by atoms with Crippen LogP contribution < -0.4 is 15.4 Å². The SMILES string of the molecule is COc1ccc(NC(=S)NCC2CCN(C(=O)O)CC2)c([N+](=O)[O-])c1. The molecular formula is C15H20N4O5S. The zero-order chi connectivity index (χ0) is 18.4. The molecule has 2 rings (SSSR count). The Morgan fingerprint density at radius 1 is 1.48 bits per heavy atom. The molecule has 1 heterocycles. The fourth-order valence-electron chi connectivity index (χ4n) is 2.63. The molecule has 1 saturated heterocycles. The number of carbonyl (C=O) groups is 1. The van der Waals surface area contributed by atoms with E-state index in [1.807, 2.05) is 0 Å². The van der Waals surface area contributed by atoms with Gasteiger partial charge in [0.15, 0.2) is 5.11 Å². The second-order valence-corrected chi connectivity index (χ2v) is 6.10. The summed E-state index contributed by atoms with van der Waals surface area (Å²) in [4.78, 5) is 22.9. The van der Waals surface area contributed by atoms with E-state index in [-0.39, 0.29) is 16.5 Å². The topological polar surface area (TPSA) is 117 Å². The minimum Gasteiger partial charge on any atom is -0.496 e. The number of piperidine rings is 1. The molecule has 0 unspecified atom stereocenters. The van der Waals surface area contributed by atoms with Gasteiger partial charge in [-0.25, -0.2) is 4.79 Å². The second kappa shape index (κ2) is 8.47. The number of rotatable bonds is 5. The largest absolute Gasteiger partial charge is 0.496 e. The van der Waals surface area contributed by atoms with Gasteiger partial charge < -0.3 is 25.4 Å². The van der Waals surface area contributed by atoms with E-state index in [9.17, 15) is 14.9 Å². The first-order valence-electron chi connectivity index (χ1n) is 7.76. The number of thiocarbonyl (C=S) groups is 1. The van der Waals surface area contributed by atoms with Gasteiger partial charge in [-0.1, -0.05) is 0 Å². The van der Waals surface area contributed by atoms with Crippen LogP contribution in [0.4, 0.5) is 16.2 Å². The lowest BCUT2D eigenvalue weighted by Crippen LogP contribution is -2.41. The minimum absolute atomic E-state index is 0.127. The Kier molecular flexibility index (Phi) is 6.34. The number of likely N-dealkylation sites (tertiary alicyclic amines) is 1. The fraction of sp³-hybridized carbons (Fsp3) is 0.467. The number of nitro groups is 1. The van der Waals surface area contributed by atoms with Gasteiger partial charge in [0.1, 0.15) is 11.4 Å². The standard InChI is InChI=1S/C15H20N4O5S/c1-24-11-2-3-12(13(8-11)19(22)23)17-14(25)16-9-10-4-6-18(7-5-10)15(20)21/h2-3,8,10H,4-7,9H2,1H3,(H,20,21)(H2,16,17,25). The molecule has 1 aliphatic rings. The van der Waals surface area contributed by atoms with E-state index in [2.05, 4.69) is 10.6 Å². The van der Waals surface area contributed by atoms with Gasteiger partial charge >= 0.3 is 6.09 Å². The Bertz CT molecular complexity index is 661. The first-order chi connectivity index (χ1) is 11.9. The molecule has 25 heavy (non-hydrogen) atoms. The van der Waals surface area contributed by atoms with Crippen molar-refractivity contribution < 1.29 is 19.6 Å².